The average Bonchev–Trinajstić information content (AvgIpc) is 3.07. The first-order chi connectivity index (χ1) is 15.8. The van der Waals surface area contributed by atoms with Crippen LogP contribution in [0.15, 0.2) is 36.5 Å². The number of H-pyrrole nitrogens is 1. The van der Waals surface area contributed by atoms with Gasteiger partial charge in [0.15, 0.2) is 5.69 Å². The molecule has 2 aliphatic rings. The molecule has 1 aromatic carbocycles. The molecule has 0 saturated carbocycles. The van der Waals surface area contributed by atoms with Gasteiger partial charge in [0.05, 0.1) is 5.56 Å². The van der Waals surface area contributed by atoms with E-state index in [0.29, 0.717) is 50.3 Å². The number of rotatable bonds is 5. The summed E-state index contributed by atoms with van der Waals surface area (Å²) in [6.07, 6.45) is -1.63. The molecule has 2 aliphatic heterocycles. The summed E-state index contributed by atoms with van der Waals surface area (Å²) in [5.74, 6) is -0.375. The monoisotopic (exact) mass is 461 g/mol. The first-order valence-corrected chi connectivity index (χ1v) is 11.4. The number of nitrogens with one attached hydrogen (secondary N) is 2. The van der Waals surface area contributed by atoms with Crippen LogP contribution in [-0.2, 0) is 19.1 Å². The smallest absolute Gasteiger partial charge is 0.370 e. The number of aryl methyl sites for hydroxylation is 1. The quantitative estimate of drug-likeness (QED) is 0.708. The van der Waals surface area contributed by atoms with E-state index in [2.05, 4.69) is 27.0 Å². The van der Waals surface area contributed by atoms with Crippen molar-refractivity contribution in [3.8, 4) is 0 Å². The lowest BCUT2D eigenvalue weighted by atomic mass is 9.86. The maximum Gasteiger partial charge on any atom is 0.416 e. The fraction of sp³-hybridized carbons (Fsp3) is 0.500. The summed E-state index contributed by atoms with van der Waals surface area (Å²) >= 11 is 0. The molecule has 6 nitrogen and oxygen atoms in total. The second kappa shape index (κ2) is 9.59. The molecule has 0 aliphatic carbocycles. The van der Waals surface area contributed by atoms with Gasteiger partial charge in [-0.15, -0.1) is 0 Å². The molecule has 3 heterocycles. The first-order valence-electron chi connectivity index (χ1n) is 11.4. The number of carbonyl (C=O) groups excluding carboxylic acids is 1. The Morgan fingerprint density at radius 3 is 2.64 bits per heavy atom. The number of likely N-dealkylation sites (N-methyl/N-ethyl adjacent to an activating group) is 1. The molecule has 4 rings (SSSR count). The number of fused-ring (bicyclic) bond motifs is 1. The third-order valence-electron chi connectivity index (χ3n) is 6.68. The SMILES string of the molecule is C=C(CNC)N1CCCc2[nH]nc(C(=O)N3CCC(c4ccccc4C(F)(F)F)CC3)c2C1. The van der Waals surface area contributed by atoms with Crippen molar-refractivity contribution in [3.63, 3.8) is 0 Å². The summed E-state index contributed by atoms with van der Waals surface area (Å²) in [4.78, 5) is 17.2. The van der Waals surface area contributed by atoms with Gasteiger partial charge in [0.1, 0.15) is 0 Å². The molecule has 33 heavy (non-hydrogen) atoms. The predicted octanol–water partition coefficient (Wildman–Crippen LogP) is 3.93. The first kappa shape index (κ1) is 23.4. The van der Waals surface area contributed by atoms with Crippen molar-refractivity contribution >= 4 is 5.91 Å². The average molecular weight is 462 g/mol. The van der Waals surface area contributed by atoms with Gasteiger partial charge in [0, 0.05) is 49.7 Å². The van der Waals surface area contributed by atoms with Crippen LogP contribution in [0.4, 0.5) is 13.2 Å². The number of hydrogen-bond acceptors (Lipinski definition) is 4. The number of aromatic nitrogens is 2. The van der Waals surface area contributed by atoms with E-state index in [1.54, 1.807) is 17.0 Å². The Morgan fingerprint density at radius 2 is 1.94 bits per heavy atom. The fourth-order valence-corrected chi connectivity index (χ4v) is 4.91. The van der Waals surface area contributed by atoms with Gasteiger partial charge in [0.25, 0.3) is 5.91 Å². The van der Waals surface area contributed by atoms with Gasteiger partial charge in [0.2, 0.25) is 0 Å². The van der Waals surface area contributed by atoms with Gasteiger partial charge in [-0.05, 0) is 50.3 Å². The molecular weight excluding hydrogens is 431 g/mol. The summed E-state index contributed by atoms with van der Waals surface area (Å²) in [6, 6.07) is 5.77. The van der Waals surface area contributed by atoms with Gasteiger partial charge in [-0.3, -0.25) is 9.89 Å². The number of benzene rings is 1. The Balaban J connectivity index is 1.47. The second-order valence-corrected chi connectivity index (χ2v) is 8.80. The fourth-order valence-electron chi connectivity index (χ4n) is 4.91. The zero-order chi connectivity index (χ0) is 23.6. The number of likely N-dealkylation sites (tertiary alicyclic amines) is 1. The van der Waals surface area contributed by atoms with Crippen molar-refractivity contribution in [1.29, 1.82) is 0 Å². The normalized spacial score (nSPS) is 17.6. The molecule has 1 saturated heterocycles. The second-order valence-electron chi connectivity index (χ2n) is 8.80. The van der Waals surface area contributed by atoms with Crippen LogP contribution in [0.2, 0.25) is 0 Å². The van der Waals surface area contributed by atoms with Crippen molar-refractivity contribution < 1.29 is 18.0 Å². The summed E-state index contributed by atoms with van der Waals surface area (Å²) in [7, 11) is 1.87. The van der Waals surface area contributed by atoms with E-state index in [9.17, 15) is 18.0 Å². The number of alkyl halides is 3. The molecule has 2 N–H and O–H groups in total. The van der Waals surface area contributed by atoms with Crippen LogP contribution in [0.3, 0.4) is 0 Å². The number of nitrogens with zero attached hydrogens (tertiary/aromatic N) is 3. The van der Waals surface area contributed by atoms with Gasteiger partial charge in [-0.2, -0.15) is 18.3 Å². The highest BCUT2D eigenvalue weighted by Crippen LogP contribution is 2.39. The lowest BCUT2D eigenvalue weighted by Gasteiger charge is -2.33. The highest BCUT2D eigenvalue weighted by molar-refractivity contribution is 5.94. The Morgan fingerprint density at radius 1 is 1.21 bits per heavy atom. The molecule has 1 aromatic heterocycles. The maximum atomic E-state index is 13.4. The zero-order valence-electron chi connectivity index (χ0n) is 18.8. The van der Waals surface area contributed by atoms with Crippen LogP contribution < -0.4 is 5.32 Å². The molecule has 0 radical (unpaired) electrons. The Hall–Kier alpha value is -2.81. The molecule has 0 atom stereocenters. The Bertz CT molecular complexity index is 1010. The van der Waals surface area contributed by atoms with E-state index in [4.69, 9.17) is 0 Å². The van der Waals surface area contributed by atoms with Crippen LogP contribution in [-0.4, -0.2) is 59.1 Å². The van der Waals surface area contributed by atoms with Gasteiger partial charge < -0.3 is 15.1 Å². The number of piperidine rings is 1. The molecule has 2 aromatic rings. The van der Waals surface area contributed by atoms with Crippen molar-refractivity contribution in [2.24, 2.45) is 0 Å². The highest BCUT2D eigenvalue weighted by atomic mass is 19.4. The summed E-state index contributed by atoms with van der Waals surface area (Å²) in [5, 5.41) is 10.5. The van der Waals surface area contributed by atoms with Crippen LogP contribution in [0.1, 0.15) is 58.1 Å². The molecule has 1 amide bonds. The highest BCUT2D eigenvalue weighted by Gasteiger charge is 2.36. The van der Waals surface area contributed by atoms with E-state index in [-0.39, 0.29) is 11.8 Å². The standard InChI is InChI=1S/C24H30F3N5O/c1-16(14-28-2)32-11-5-8-21-19(15-32)22(30-29-21)23(33)31-12-9-17(10-13-31)18-6-3-4-7-20(18)24(25,26)27/h3-4,6-7,17,28H,1,5,8-15H2,2H3,(H,29,30). The summed E-state index contributed by atoms with van der Waals surface area (Å²) in [5.41, 5.74) is 3.02. The lowest BCUT2D eigenvalue weighted by Crippen LogP contribution is -2.39. The molecular formula is C24H30F3N5O. The van der Waals surface area contributed by atoms with Crippen molar-refractivity contribution in [3.05, 3.63) is 64.6 Å². The predicted molar refractivity (Wildman–Crippen MR) is 120 cm³/mol. The van der Waals surface area contributed by atoms with Gasteiger partial charge in [-0.25, -0.2) is 0 Å². The maximum absolute atomic E-state index is 13.4. The van der Waals surface area contributed by atoms with Gasteiger partial charge >= 0.3 is 6.18 Å². The zero-order valence-corrected chi connectivity index (χ0v) is 18.8. The van der Waals surface area contributed by atoms with E-state index in [0.717, 1.165) is 42.4 Å². The van der Waals surface area contributed by atoms with E-state index >= 15 is 0 Å². The van der Waals surface area contributed by atoms with Crippen molar-refractivity contribution in [2.75, 3.05) is 33.2 Å². The van der Waals surface area contributed by atoms with Crippen LogP contribution in [0, 0.1) is 0 Å². The van der Waals surface area contributed by atoms with Crippen LogP contribution in [0.25, 0.3) is 0 Å². The minimum absolute atomic E-state index is 0.156. The summed E-state index contributed by atoms with van der Waals surface area (Å²) < 4.78 is 40.3. The van der Waals surface area contributed by atoms with Crippen molar-refractivity contribution in [1.82, 2.24) is 25.3 Å². The van der Waals surface area contributed by atoms with E-state index < -0.39 is 11.7 Å². The summed E-state index contributed by atoms with van der Waals surface area (Å²) in [6.45, 7) is 7.07. The van der Waals surface area contributed by atoms with Gasteiger partial charge in [-0.1, -0.05) is 24.8 Å². The third kappa shape index (κ3) is 4.93. The van der Waals surface area contributed by atoms with E-state index in [1.807, 2.05) is 7.05 Å². The topological polar surface area (TPSA) is 64.3 Å². The largest absolute Gasteiger partial charge is 0.416 e. The molecule has 9 heteroatoms. The molecule has 0 unspecified atom stereocenters. The number of carbonyl (C=O) groups is 1. The number of hydrogen-bond donors (Lipinski definition) is 2. The molecule has 0 spiro atoms. The van der Waals surface area contributed by atoms with Crippen LogP contribution in [0.5, 0.6) is 0 Å². The molecule has 178 valence electrons. The number of aromatic amines is 1. The molecule has 0 bridgehead atoms. The van der Waals surface area contributed by atoms with E-state index in [1.165, 1.54) is 6.07 Å². The third-order valence-corrected chi connectivity index (χ3v) is 6.68. The van der Waals surface area contributed by atoms with Crippen molar-refractivity contribution in [2.45, 2.75) is 44.3 Å². The number of halogens is 3. The minimum Gasteiger partial charge on any atom is -0.370 e. The lowest BCUT2D eigenvalue weighted by molar-refractivity contribution is -0.138. The minimum atomic E-state index is -4.38. The Kier molecular flexibility index (Phi) is 6.78. The Labute approximate surface area is 191 Å². The van der Waals surface area contributed by atoms with Crippen LogP contribution >= 0.6 is 0 Å². The number of amides is 1. The molecule has 1 fully saturated rings.